The molecule has 1 N–H and O–H groups in total. The van der Waals surface area contributed by atoms with Crippen LogP contribution in [-0.2, 0) is 6.42 Å². The van der Waals surface area contributed by atoms with E-state index in [2.05, 4.69) is 24.1 Å². The Morgan fingerprint density at radius 3 is 2.75 bits per heavy atom. The van der Waals surface area contributed by atoms with Crippen LogP contribution in [0.15, 0.2) is 24.3 Å². The van der Waals surface area contributed by atoms with Gasteiger partial charge in [0.2, 0.25) is 0 Å². The molecule has 1 unspecified atom stereocenters. The summed E-state index contributed by atoms with van der Waals surface area (Å²) in [5.74, 6) is 0.646. The van der Waals surface area contributed by atoms with E-state index in [1.54, 1.807) is 12.1 Å². The summed E-state index contributed by atoms with van der Waals surface area (Å²) in [5.41, 5.74) is 1.07. The van der Waals surface area contributed by atoms with E-state index in [1.165, 1.54) is 38.5 Å². The van der Waals surface area contributed by atoms with Crippen molar-refractivity contribution in [1.82, 2.24) is 10.2 Å². The quantitative estimate of drug-likeness (QED) is 0.860. The lowest BCUT2D eigenvalue weighted by Crippen LogP contribution is -2.42. The van der Waals surface area contributed by atoms with Crippen molar-refractivity contribution in [3.05, 3.63) is 35.6 Å². The smallest absolute Gasteiger partial charge is 0.123 e. The molecule has 1 aromatic rings. The fourth-order valence-electron chi connectivity index (χ4n) is 3.07. The van der Waals surface area contributed by atoms with Gasteiger partial charge in [0.15, 0.2) is 0 Å². The van der Waals surface area contributed by atoms with E-state index in [9.17, 15) is 4.39 Å². The van der Waals surface area contributed by atoms with Crippen molar-refractivity contribution < 1.29 is 4.39 Å². The fraction of sp³-hybridized carbons (Fsp3) is 0.647. The summed E-state index contributed by atoms with van der Waals surface area (Å²) >= 11 is 0. The van der Waals surface area contributed by atoms with Crippen LogP contribution in [0.25, 0.3) is 0 Å². The molecule has 2 rings (SSSR count). The molecule has 1 saturated heterocycles. The molecular formula is C17H27FN2. The Kier molecular flexibility index (Phi) is 5.99. The molecular weight excluding hydrogens is 251 g/mol. The SMILES string of the molecule is CCN1CCC(C(C)NCCc2cccc(F)c2)CC1. The van der Waals surface area contributed by atoms with Gasteiger partial charge in [-0.1, -0.05) is 19.1 Å². The number of nitrogens with one attached hydrogen (secondary N) is 1. The molecule has 2 nitrogen and oxygen atoms in total. The molecule has 0 saturated carbocycles. The van der Waals surface area contributed by atoms with E-state index in [-0.39, 0.29) is 5.82 Å². The second-order valence-corrected chi connectivity index (χ2v) is 5.89. The van der Waals surface area contributed by atoms with E-state index < -0.39 is 0 Å². The van der Waals surface area contributed by atoms with Gasteiger partial charge < -0.3 is 10.2 Å². The summed E-state index contributed by atoms with van der Waals surface area (Å²) < 4.78 is 13.1. The molecule has 1 aliphatic rings. The number of rotatable bonds is 6. The van der Waals surface area contributed by atoms with Crippen LogP contribution in [0.1, 0.15) is 32.3 Å². The van der Waals surface area contributed by atoms with Crippen molar-refractivity contribution in [2.24, 2.45) is 5.92 Å². The minimum Gasteiger partial charge on any atom is -0.314 e. The molecule has 1 aromatic carbocycles. The summed E-state index contributed by atoms with van der Waals surface area (Å²) in [5, 5.41) is 3.61. The lowest BCUT2D eigenvalue weighted by molar-refractivity contribution is 0.169. The lowest BCUT2D eigenvalue weighted by atomic mass is 9.90. The third kappa shape index (κ3) is 4.57. The first-order chi connectivity index (χ1) is 9.69. The Morgan fingerprint density at radius 1 is 1.35 bits per heavy atom. The third-order valence-electron chi connectivity index (χ3n) is 4.56. The molecule has 3 heteroatoms. The van der Waals surface area contributed by atoms with Gasteiger partial charge >= 0.3 is 0 Å². The van der Waals surface area contributed by atoms with Crippen LogP contribution in [0.5, 0.6) is 0 Å². The molecule has 112 valence electrons. The highest BCUT2D eigenvalue weighted by Gasteiger charge is 2.22. The van der Waals surface area contributed by atoms with Crippen molar-refractivity contribution in [3.8, 4) is 0 Å². The number of piperidine rings is 1. The minimum atomic E-state index is -0.137. The topological polar surface area (TPSA) is 15.3 Å². The largest absolute Gasteiger partial charge is 0.314 e. The molecule has 0 amide bonds. The number of hydrogen-bond acceptors (Lipinski definition) is 2. The highest BCUT2D eigenvalue weighted by molar-refractivity contribution is 5.16. The van der Waals surface area contributed by atoms with Gasteiger partial charge in [0, 0.05) is 6.04 Å². The predicted octanol–water partition coefficient (Wildman–Crippen LogP) is 3.08. The molecule has 0 aliphatic carbocycles. The summed E-state index contributed by atoms with van der Waals surface area (Å²) in [7, 11) is 0. The van der Waals surface area contributed by atoms with Gasteiger partial charge in [0.25, 0.3) is 0 Å². The lowest BCUT2D eigenvalue weighted by Gasteiger charge is -2.34. The van der Waals surface area contributed by atoms with E-state index in [0.717, 1.165) is 24.4 Å². The Morgan fingerprint density at radius 2 is 2.10 bits per heavy atom. The Balaban J connectivity index is 1.69. The van der Waals surface area contributed by atoms with Crippen LogP contribution < -0.4 is 5.32 Å². The van der Waals surface area contributed by atoms with Gasteiger partial charge in [0.05, 0.1) is 0 Å². The summed E-state index contributed by atoms with van der Waals surface area (Å²) in [6.07, 6.45) is 3.49. The molecule has 0 aromatic heterocycles. The highest BCUT2D eigenvalue weighted by Crippen LogP contribution is 2.20. The van der Waals surface area contributed by atoms with Crippen LogP contribution in [0.4, 0.5) is 4.39 Å². The summed E-state index contributed by atoms with van der Waals surface area (Å²) in [4.78, 5) is 2.52. The van der Waals surface area contributed by atoms with Crippen LogP contribution in [0, 0.1) is 11.7 Å². The molecule has 0 spiro atoms. The van der Waals surface area contributed by atoms with Gasteiger partial charge in [-0.05, 0) is 76.0 Å². The standard InChI is InChI=1S/C17H27FN2/c1-3-20-11-8-16(9-12-20)14(2)19-10-7-15-5-4-6-17(18)13-15/h4-6,13-14,16,19H,3,7-12H2,1-2H3. The molecule has 0 radical (unpaired) electrons. The average Bonchev–Trinajstić information content (AvgIpc) is 2.47. The first-order valence-corrected chi connectivity index (χ1v) is 7.89. The molecule has 20 heavy (non-hydrogen) atoms. The van der Waals surface area contributed by atoms with E-state index >= 15 is 0 Å². The first kappa shape index (κ1) is 15.5. The van der Waals surface area contributed by atoms with Gasteiger partial charge in [0.1, 0.15) is 5.82 Å². The maximum Gasteiger partial charge on any atom is 0.123 e. The Hall–Kier alpha value is -0.930. The van der Waals surface area contributed by atoms with Crippen molar-refractivity contribution in [2.75, 3.05) is 26.2 Å². The van der Waals surface area contributed by atoms with E-state index in [1.807, 2.05) is 6.07 Å². The number of benzene rings is 1. The second-order valence-electron chi connectivity index (χ2n) is 5.89. The van der Waals surface area contributed by atoms with Crippen molar-refractivity contribution in [3.63, 3.8) is 0 Å². The number of likely N-dealkylation sites (tertiary alicyclic amines) is 1. The number of halogens is 1. The maximum absolute atomic E-state index is 13.1. The normalized spacial score (nSPS) is 19.1. The van der Waals surface area contributed by atoms with Crippen molar-refractivity contribution in [1.29, 1.82) is 0 Å². The number of nitrogens with zero attached hydrogens (tertiary/aromatic N) is 1. The molecule has 0 bridgehead atoms. The Bertz CT molecular complexity index is 400. The fourth-order valence-corrected chi connectivity index (χ4v) is 3.07. The van der Waals surface area contributed by atoms with E-state index in [4.69, 9.17) is 0 Å². The van der Waals surface area contributed by atoms with Crippen LogP contribution in [0.2, 0.25) is 0 Å². The van der Waals surface area contributed by atoms with Gasteiger partial charge in [-0.15, -0.1) is 0 Å². The molecule has 1 aliphatic heterocycles. The summed E-state index contributed by atoms with van der Waals surface area (Å²) in [6.45, 7) is 9.10. The highest BCUT2D eigenvalue weighted by atomic mass is 19.1. The third-order valence-corrected chi connectivity index (χ3v) is 4.56. The number of hydrogen-bond donors (Lipinski definition) is 1. The average molecular weight is 278 g/mol. The van der Waals surface area contributed by atoms with E-state index in [0.29, 0.717) is 6.04 Å². The zero-order valence-corrected chi connectivity index (χ0v) is 12.7. The monoisotopic (exact) mass is 278 g/mol. The predicted molar refractivity (Wildman–Crippen MR) is 82.4 cm³/mol. The molecule has 1 atom stereocenters. The van der Waals surface area contributed by atoms with Crippen molar-refractivity contribution in [2.45, 2.75) is 39.2 Å². The molecule has 1 heterocycles. The van der Waals surface area contributed by atoms with Crippen LogP contribution in [0.3, 0.4) is 0 Å². The zero-order valence-electron chi connectivity index (χ0n) is 12.7. The molecule has 1 fully saturated rings. The first-order valence-electron chi connectivity index (χ1n) is 7.89. The van der Waals surface area contributed by atoms with Gasteiger partial charge in [-0.3, -0.25) is 0 Å². The maximum atomic E-state index is 13.1. The van der Waals surface area contributed by atoms with Gasteiger partial charge in [-0.25, -0.2) is 4.39 Å². The summed E-state index contributed by atoms with van der Waals surface area (Å²) in [6, 6.07) is 7.47. The zero-order chi connectivity index (χ0) is 14.4. The Labute approximate surface area is 122 Å². The van der Waals surface area contributed by atoms with Crippen LogP contribution in [-0.4, -0.2) is 37.1 Å². The van der Waals surface area contributed by atoms with Gasteiger partial charge in [-0.2, -0.15) is 0 Å². The van der Waals surface area contributed by atoms with Crippen molar-refractivity contribution >= 4 is 0 Å². The minimum absolute atomic E-state index is 0.137. The van der Waals surface area contributed by atoms with Crippen LogP contribution >= 0.6 is 0 Å². The second kappa shape index (κ2) is 7.75.